The van der Waals surface area contributed by atoms with Crippen LogP contribution in [0.4, 0.5) is 22.0 Å². The molecule has 32 heavy (non-hydrogen) atoms. The van der Waals surface area contributed by atoms with Gasteiger partial charge in [-0.15, -0.1) is 13.2 Å². The molecule has 7 nitrogen and oxygen atoms in total. The minimum atomic E-state index is -5.14. The van der Waals surface area contributed by atoms with Crippen LogP contribution in [0.3, 0.4) is 0 Å². The number of nitrogens with one attached hydrogen (secondary N) is 1. The molecule has 1 amide bonds. The van der Waals surface area contributed by atoms with E-state index in [-0.39, 0.29) is 17.0 Å². The van der Waals surface area contributed by atoms with Crippen LogP contribution in [0.25, 0.3) is 0 Å². The summed E-state index contributed by atoms with van der Waals surface area (Å²) in [6, 6.07) is 6.70. The normalized spacial score (nSPS) is 12.2. The van der Waals surface area contributed by atoms with Crippen molar-refractivity contribution in [1.82, 2.24) is 15.3 Å². The molecule has 0 saturated carbocycles. The summed E-state index contributed by atoms with van der Waals surface area (Å²) in [5.74, 6) is -5.78. The molecule has 0 radical (unpaired) electrons. The van der Waals surface area contributed by atoms with Gasteiger partial charge in [0.2, 0.25) is 0 Å². The number of aromatic nitrogens is 2. The number of carbonyl (C=O) groups is 2. The standard InChI is InChI=1S/C20H12F5N3O4/c21-11-3-2-8-26-17(11)16(10-6-7-15(12(22)9-10)32-20(23,24)25)28-18(29)13-4-1-5-14(27-13)19(30)31/h1-9,16H,(H,28,29)(H,30,31)/t16-/m0/s1. The maximum atomic E-state index is 14.4. The van der Waals surface area contributed by atoms with Gasteiger partial charge in [0.1, 0.15) is 22.9 Å². The number of halogens is 5. The second kappa shape index (κ2) is 8.96. The maximum Gasteiger partial charge on any atom is 0.573 e. The third-order valence-corrected chi connectivity index (χ3v) is 4.05. The molecule has 0 saturated heterocycles. The number of rotatable bonds is 6. The number of alkyl halides is 3. The summed E-state index contributed by atoms with van der Waals surface area (Å²) >= 11 is 0. The van der Waals surface area contributed by atoms with E-state index in [0.29, 0.717) is 12.1 Å². The zero-order chi connectivity index (χ0) is 23.5. The lowest BCUT2D eigenvalue weighted by atomic mass is 10.0. The Morgan fingerprint density at radius 1 is 1.00 bits per heavy atom. The summed E-state index contributed by atoms with van der Waals surface area (Å²) in [6.07, 6.45) is -3.94. The van der Waals surface area contributed by atoms with Crippen LogP contribution in [0.15, 0.2) is 54.7 Å². The Bertz CT molecular complexity index is 1170. The second-order valence-corrected chi connectivity index (χ2v) is 6.23. The zero-order valence-corrected chi connectivity index (χ0v) is 15.7. The van der Waals surface area contributed by atoms with Crippen molar-refractivity contribution in [1.29, 1.82) is 0 Å². The highest BCUT2D eigenvalue weighted by atomic mass is 19.4. The molecule has 0 aliphatic rings. The predicted octanol–water partition coefficient (Wildman–Crippen LogP) is 3.87. The molecule has 3 rings (SSSR count). The summed E-state index contributed by atoms with van der Waals surface area (Å²) in [7, 11) is 0. The van der Waals surface area contributed by atoms with Gasteiger partial charge in [-0.05, 0) is 42.0 Å². The molecule has 0 unspecified atom stereocenters. The lowest BCUT2D eigenvalue weighted by molar-refractivity contribution is -0.275. The van der Waals surface area contributed by atoms with Crippen LogP contribution in [-0.4, -0.2) is 33.3 Å². The maximum absolute atomic E-state index is 14.4. The molecular weight excluding hydrogens is 441 g/mol. The van der Waals surface area contributed by atoms with Gasteiger partial charge in [0.25, 0.3) is 5.91 Å². The summed E-state index contributed by atoms with van der Waals surface area (Å²) in [6.45, 7) is 0. The lowest BCUT2D eigenvalue weighted by Crippen LogP contribution is -2.31. The Morgan fingerprint density at radius 2 is 1.72 bits per heavy atom. The van der Waals surface area contributed by atoms with Crippen molar-refractivity contribution in [3.63, 3.8) is 0 Å². The van der Waals surface area contributed by atoms with Crippen LogP contribution in [-0.2, 0) is 0 Å². The number of carboxylic acid groups (broad SMARTS) is 1. The SMILES string of the molecule is O=C(O)c1cccc(C(=O)N[C@@H](c2ccc(OC(F)(F)F)c(F)c2)c2ncccc2F)n1. The molecule has 3 aromatic rings. The third kappa shape index (κ3) is 5.33. The van der Waals surface area contributed by atoms with E-state index in [9.17, 15) is 31.5 Å². The first-order valence-corrected chi connectivity index (χ1v) is 8.72. The number of nitrogens with zero attached hydrogens (tertiary/aromatic N) is 2. The highest BCUT2D eigenvalue weighted by Gasteiger charge is 2.33. The van der Waals surface area contributed by atoms with Crippen molar-refractivity contribution in [3.8, 4) is 5.75 Å². The molecule has 1 atom stereocenters. The number of carboxylic acids is 1. The van der Waals surface area contributed by atoms with Crippen LogP contribution in [0.1, 0.15) is 38.3 Å². The van der Waals surface area contributed by atoms with Gasteiger partial charge in [0, 0.05) is 6.20 Å². The molecular formula is C20H12F5N3O4. The average molecular weight is 453 g/mol. The van der Waals surface area contributed by atoms with Gasteiger partial charge in [0.05, 0.1) is 6.04 Å². The van der Waals surface area contributed by atoms with Crippen molar-refractivity contribution >= 4 is 11.9 Å². The molecule has 0 aliphatic heterocycles. The number of hydrogen-bond donors (Lipinski definition) is 2. The topological polar surface area (TPSA) is 101 Å². The second-order valence-electron chi connectivity index (χ2n) is 6.23. The fourth-order valence-corrected chi connectivity index (χ4v) is 2.71. The number of amides is 1. The van der Waals surface area contributed by atoms with Crippen LogP contribution < -0.4 is 10.1 Å². The Hall–Kier alpha value is -4.09. The van der Waals surface area contributed by atoms with Gasteiger partial charge >= 0.3 is 12.3 Å². The summed E-state index contributed by atoms with van der Waals surface area (Å²) in [5.41, 5.74) is -1.29. The van der Waals surface area contributed by atoms with E-state index in [1.165, 1.54) is 24.4 Å². The molecule has 166 valence electrons. The monoisotopic (exact) mass is 453 g/mol. The first-order valence-electron chi connectivity index (χ1n) is 8.72. The molecule has 0 bridgehead atoms. The summed E-state index contributed by atoms with van der Waals surface area (Å²) in [4.78, 5) is 31.2. The summed E-state index contributed by atoms with van der Waals surface area (Å²) in [5, 5.41) is 11.4. The highest BCUT2D eigenvalue weighted by Crippen LogP contribution is 2.30. The number of ether oxygens (including phenoxy) is 1. The van der Waals surface area contributed by atoms with Crippen molar-refractivity contribution in [3.05, 3.63) is 89.0 Å². The van der Waals surface area contributed by atoms with Crippen molar-refractivity contribution in [2.75, 3.05) is 0 Å². The Morgan fingerprint density at radius 3 is 2.34 bits per heavy atom. The number of hydrogen-bond acceptors (Lipinski definition) is 5. The van der Waals surface area contributed by atoms with E-state index < -0.39 is 47.4 Å². The van der Waals surface area contributed by atoms with E-state index in [0.717, 1.165) is 18.2 Å². The van der Waals surface area contributed by atoms with Gasteiger partial charge in [-0.3, -0.25) is 9.78 Å². The van der Waals surface area contributed by atoms with E-state index in [1.807, 2.05) is 0 Å². The Kier molecular flexibility index (Phi) is 6.32. The minimum absolute atomic E-state index is 0.155. The predicted molar refractivity (Wildman–Crippen MR) is 97.8 cm³/mol. The fraction of sp³-hybridized carbons (Fsp3) is 0.100. The van der Waals surface area contributed by atoms with Crippen LogP contribution in [0, 0.1) is 11.6 Å². The average Bonchev–Trinajstić information content (AvgIpc) is 2.73. The van der Waals surface area contributed by atoms with E-state index in [2.05, 4.69) is 20.0 Å². The first-order chi connectivity index (χ1) is 15.0. The number of carbonyl (C=O) groups excluding carboxylic acids is 1. The molecule has 1 aromatic carbocycles. The van der Waals surface area contributed by atoms with Crippen LogP contribution >= 0.6 is 0 Å². The molecule has 12 heteroatoms. The van der Waals surface area contributed by atoms with Crippen molar-refractivity contribution in [2.45, 2.75) is 12.4 Å². The lowest BCUT2D eigenvalue weighted by Gasteiger charge is -2.20. The largest absolute Gasteiger partial charge is 0.573 e. The van der Waals surface area contributed by atoms with Gasteiger partial charge < -0.3 is 15.2 Å². The first kappa shape index (κ1) is 22.6. The van der Waals surface area contributed by atoms with Gasteiger partial charge in [0.15, 0.2) is 11.6 Å². The van der Waals surface area contributed by atoms with E-state index in [1.54, 1.807) is 0 Å². The zero-order valence-electron chi connectivity index (χ0n) is 15.7. The van der Waals surface area contributed by atoms with E-state index >= 15 is 0 Å². The number of aromatic carboxylic acids is 1. The van der Waals surface area contributed by atoms with E-state index in [4.69, 9.17) is 5.11 Å². The quantitative estimate of drug-likeness (QED) is 0.550. The third-order valence-electron chi connectivity index (χ3n) is 4.05. The molecule has 2 N–H and O–H groups in total. The summed E-state index contributed by atoms with van der Waals surface area (Å²) < 4.78 is 69.4. The molecule has 2 aromatic heterocycles. The van der Waals surface area contributed by atoms with Crippen molar-refractivity contribution < 1.29 is 41.4 Å². The van der Waals surface area contributed by atoms with Crippen LogP contribution in [0.2, 0.25) is 0 Å². The number of benzene rings is 1. The Balaban J connectivity index is 2.00. The molecule has 0 fully saturated rings. The van der Waals surface area contributed by atoms with Gasteiger partial charge in [-0.2, -0.15) is 0 Å². The van der Waals surface area contributed by atoms with Gasteiger partial charge in [-0.25, -0.2) is 18.6 Å². The number of pyridine rings is 2. The van der Waals surface area contributed by atoms with Crippen LogP contribution in [0.5, 0.6) is 5.75 Å². The van der Waals surface area contributed by atoms with Gasteiger partial charge in [-0.1, -0.05) is 12.1 Å². The smallest absolute Gasteiger partial charge is 0.477 e. The Labute approximate surface area is 176 Å². The molecule has 0 spiro atoms. The molecule has 2 heterocycles. The fourth-order valence-electron chi connectivity index (χ4n) is 2.71. The van der Waals surface area contributed by atoms with Crippen molar-refractivity contribution in [2.24, 2.45) is 0 Å². The highest BCUT2D eigenvalue weighted by molar-refractivity contribution is 5.94. The molecule has 0 aliphatic carbocycles. The minimum Gasteiger partial charge on any atom is -0.477 e.